The topological polar surface area (TPSA) is 32.3 Å². The third-order valence-corrected chi connectivity index (χ3v) is 2.79. The first-order valence-corrected chi connectivity index (χ1v) is 5.84. The van der Waals surface area contributed by atoms with Gasteiger partial charge in [-0.25, -0.2) is 8.78 Å². The molecular weight excluding hydrogens is 238 g/mol. The summed E-state index contributed by atoms with van der Waals surface area (Å²) < 4.78 is 27.3. The Balaban J connectivity index is 2.97. The number of nitrogens with zero attached hydrogens (tertiary/aromatic N) is 1. The Morgan fingerprint density at radius 2 is 1.83 bits per heavy atom. The van der Waals surface area contributed by atoms with Crippen LogP contribution in [0.15, 0.2) is 12.1 Å². The maximum atomic E-state index is 13.7. The zero-order chi connectivity index (χ0) is 13.9. The Morgan fingerprint density at radius 3 is 2.22 bits per heavy atom. The lowest BCUT2D eigenvalue weighted by Crippen LogP contribution is -2.20. The van der Waals surface area contributed by atoms with E-state index in [1.165, 1.54) is 4.90 Å². The molecule has 3 nitrogen and oxygen atoms in total. The van der Waals surface area contributed by atoms with Gasteiger partial charge in [-0.05, 0) is 18.6 Å². The van der Waals surface area contributed by atoms with Gasteiger partial charge in [-0.2, -0.15) is 0 Å². The molecule has 0 heterocycles. The molecule has 100 valence electrons. The average molecular weight is 256 g/mol. The predicted octanol–water partition coefficient (Wildman–Crippen LogP) is 3.02. The zero-order valence-corrected chi connectivity index (χ0v) is 11.1. The molecule has 0 saturated carbocycles. The zero-order valence-electron chi connectivity index (χ0n) is 11.1. The number of halogens is 2. The Hall–Kier alpha value is -1.65. The molecule has 0 aliphatic rings. The smallest absolute Gasteiger partial charge is 0.227 e. The highest BCUT2D eigenvalue weighted by Gasteiger charge is 2.16. The second-order valence-electron chi connectivity index (χ2n) is 4.48. The first-order valence-electron chi connectivity index (χ1n) is 5.84. The van der Waals surface area contributed by atoms with Crippen LogP contribution in [0.2, 0.25) is 0 Å². The Kier molecular flexibility index (Phi) is 4.64. The quantitative estimate of drug-likeness (QED) is 0.898. The third-order valence-electron chi connectivity index (χ3n) is 2.79. The highest BCUT2D eigenvalue weighted by Crippen LogP contribution is 2.25. The van der Waals surface area contributed by atoms with Crippen molar-refractivity contribution in [1.29, 1.82) is 0 Å². The van der Waals surface area contributed by atoms with E-state index in [-0.39, 0.29) is 23.2 Å². The minimum Gasteiger partial charge on any atom is -0.373 e. The maximum Gasteiger partial charge on any atom is 0.227 e. The largest absolute Gasteiger partial charge is 0.373 e. The summed E-state index contributed by atoms with van der Waals surface area (Å²) in [5.41, 5.74) is 0.0254. The number of nitrogens with one attached hydrogen (secondary N) is 1. The van der Waals surface area contributed by atoms with Crippen LogP contribution in [0.4, 0.5) is 20.2 Å². The van der Waals surface area contributed by atoms with Gasteiger partial charge < -0.3 is 10.2 Å². The average Bonchev–Trinajstić information content (AvgIpc) is 2.26. The van der Waals surface area contributed by atoms with Gasteiger partial charge in [-0.1, -0.05) is 13.8 Å². The van der Waals surface area contributed by atoms with Crippen LogP contribution in [0.1, 0.15) is 20.3 Å². The van der Waals surface area contributed by atoms with Crippen LogP contribution in [0.3, 0.4) is 0 Å². The number of hydrogen-bond acceptors (Lipinski definition) is 2. The number of rotatable bonds is 4. The fourth-order valence-corrected chi connectivity index (χ4v) is 1.52. The molecule has 0 aliphatic carbocycles. The predicted molar refractivity (Wildman–Crippen MR) is 68.8 cm³/mol. The highest BCUT2D eigenvalue weighted by atomic mass is 19.1. The van der Waals surface area contributed by atoms with Crippen LogP contribution >= 0.6 is 0 Å². The van der Waals surface area contributed by atoms with E-state index in [1.54, 1.807) is 21.0 Å². The molecule has 0 bridgehead atoms. The third kappa shape index (κ3) is 3.18. The van der Waals surface area contributed by atoms with Crippen LogP contribution in [0, 0.1) is 17.6 Å². The molecule has 0 fully saturated rings. The van der Waals surface area contributed by atoms with Crippen molar-refractivity contribution in [3.8, 4) is 0 Å². The second-order valence-corrected chi connectivity index (χ2v) is 4.48. The molecule has 1 atom stereocenters. The molecule has 1 aromatic rings. The number of carbonyl (C=O) groups excluding carboxylic acids is 1. The van der Waals surface area contributed by atoms with Crippen molar-refractivity contribution in [2.75, 3.05) is 24.3 Å². The molecule has 1 aromatic carbocycles. The highest BCUT2D eigenvalue weighted by molar-refractivity contribution is 5.92. The van der Waals surface area contributed by atoms with Gasteiger partial charge in [0.2, 0.25) is 5.91 Å². The molecule has 0 spiro atoms. The summed E-state index contributed by atoms with van der Waals surface area (Å²) in [5, 5.41) is 2.50. The summed E-state index contributed by atoms with van der Waals surface area (Å²) >= 11 is 0. The van der Waals surface area contributed by atoms with Gasteiger partial charge in [-0.15, -0.1) is 0 Å². The van der Waals surface area contributed by atoms with Gasteiger partial charge in [0.15, 0.2) is 11.6 Å². The van der Waals surface area contributed by atoms with Gasteiger partial charge in [0.1, 0.15) is 5.69 Å². The van der Waals surface area contributed by atoms with E-state index >= 15 is 0 Å². The van der Waals surface area contributed by atoms with Crippen molar-refractivity contribution in [1.82, 2.24) is 0 Å². The van der Waals surface area contributed by atoms with E-state index < -0.39 is 11.6 Å². The molecule has 0 radical (unpaired) electrons. The lowest BCUT2D eigenvalue weighted by Gasteiger charge is -2.16. The van der Waals surface area contributed by atoms with E-state index in [4.69, 9.17) is 0 Å². The Morgan fingerprint density at radius 1 is 1.33 bits per heavy atom. The van der Waals surface area contributed by atoms with Crippen molar-refractivity contribution >= 4 is 17.3 Å². The lowest BCUT2D eigenvalue weighted by molar-refractivity contribution is -0.119. The first-order chi connectivity index (χ1) is 8.36. The fraction of sp³-hybridized carbons (Fsp3) is 0.462. The molecule has 1 amide bonds. The van der Waals surface area contributed by atoms with Gasteiger partial charge in [0.05, 0.1) is 0 Å². The minimum atomic E-state index is -0.695. The van der Waals surface area contributed by atoms with E-state index in [9.17, 15) is 13.6 Å². The summed E-state index contributed by atoms with van der Waals surface area (Å²) in [5.74, 6) is -1.82. The molecule has 1 rings (SSSR count). The number of carbonyl (C=O) groups is 1. The molecule has 0 aliphatic heterocycles. The molecule has 18 heavy (non-hydrogen) atoms. The van der Waals surface area contributed by atoms with Crippen molar-refractivity contribution in [3.63, 3.8) is 0 Å². The molecule has 0 unspecified atom stereocenters. The second kappa shape index (κ2) is 5.80. The standard InChI is InChI=1S/C13H18F2N2O/c1-5-8(2)13(18)16-9-6-10(14)12(17(3)4)11(15)7-9/h6-8H,5H2,1-4H3,(H,16,18)/t8-/m0/s1. The van der Waals surface area contributed by atoms with E-state index in [0.717, 1.165) is 12.1 Å². The van der Waals surface area contributed by atoms with E-state index in [0.29, 0.717) is 6.42 Å². The lowest BCUT2D eigenvalue weighted by atomic mass is 10.1. The Labute approximate surface area is 106 Å². The normalized spacial score (nSPS) is 12.1. The number of benzene rings is 1. The van der Waals surface area contributed by atoms with Crippen LogP contribution in [-0.2, 0) is 4.79 Å². The number of anilines is 2. The fourth-order valence-electron chi connectivity index (χ4n) is 1.52. The van der Waals surface area contributed by atoms with Crippen LogP contribution in [0.25, 0.3) is 0 Å². The molecule has 5 heteroatoms. The Bertz CT molecular complexity index is 424. The van der Waals surface area contributed by atoms with Gasteiger partial charge in [0, 0.05) is 25.7 Å². The summed E-state index contributed by atoms with van der Waals surface area (Å²) in [6, 6.07) is 2.25. The number of amides is 1. The minimum absolute atomic E-state index is 0.114. The van der Waals surface area contributed by atoms with Gasteiger partial charge in [-0.3, -0.25) is 4.79 Å². The van der Waals surface area contributed by atoms with Gasteiger partial charge in [0.25, 0.3) is 0 Å². The van der Waals surface area contributed by atoms with Gasteiger partial charge >= 0.3 is 0 Å². The van der Waals surface area contributed by atoms with Crippen molar-refractivity contribution < 1.29 is 13.6 Å². The molecule has 0 aromatic heterocycles. The van der Waals surface area contributed by atoms with E-state index in [2.05, 4.69) is 5.32 Å². The number of hydrogen-bond donors (Lipinski definition) is 1. The summed E-state index contributed by atoms with van der Waals surface area (Å²) in [6.45, 7) is 3.64. The molecule has 1 N–H and O–H groups in total. The summed E-state index contributed by atoms with van der Waals surface area (Å²) in [6.07, 6.45) is 0.673. The monoisotopic (exact) mass is 256 g/mol. The van der Waals surface area contributed by atoms with Crippen molar-refractivity contribution in [3.05, 3.63) is 23.8 Å². The van der Waals surface area contributed by atoms with Crippen molar-refractivity contribution in [2.45, 2.75) is 20.3 Å². The van der Waals surface area contributed by atoms with Crippen molar-refractivity contribution in [2.24, 2.45) is 5.92 Å². The van der Waals surface area contributed by atoms with Crippen LogP contribution in [-0.4, -0.2) is 20.0 Å². The molecule has 0 saturated heterocycles. The maximum absolute atomic E-state index is 13.7. The SMILES string of the molecule is CC[C@H](C)C(=O)Nc1cc(F)c(N(C)C)c(F)c1. The summed E-state index contributed by atoms with van der Waals surface area (Å²) in [4.78, 5) is 13.0. The molecular formula is C13H18F2N2O. The van der Waals surface area contributed by atoms with E-state index in [1.807, 2.05) is 6.92 Å². The first kappa shape index (κ1) is 14.4. The van der Waals surface area contributed by atoms with Crippen LogP contribution in [0.5, 0.6) is 0 Å². The summed E-state index contributed by atoms with van der Waals surface area (Å²) in [7, 11) is 3.11. The van der Waals surface area contributed by atoms with Crippen LogP contribution < -0.4 is 10.2 Å².